The lowest BCUT2D eigenvalue weighted by Gasteiger charge is -2.17. The zero-order chi connectivity index (χ0) is 19.7. The lowest BCUT2D eigenvalue weighted by atomic mass is 10.1. The molecule has 0 aliphatic heterocycles. The van der Waals surface area contributed by atoms with Crippen molar-refractivity contribution in [1.29, 1.82) is 0 Å². The summed E-state index contributed by atoms with van der Waals surface area (Å²) in [6.45, 7) is 1.90. The third-order valence-electron chi connectivity index (χ3n) is 4.38. The number of sulfone groups is 1. The highest BCUT2D eigenvalue weighted by Crippen LogP contribution is 2.18. The van der Waals surface area contributed by atoms with Gasteiger partial charge in [-0.2, -0.15) is 0 Å². The summed E-state index contributed by atoms with van der Waals surface area (Å²) < 4.78 is 30.8. The average molecular weight is 391 g/mol. The number of rotatable bonds is 11. The fourth-order valence-corrected chi connectivity index (χ4v) is 4.52. The molecule has 0 saturated carbocycles. The molecule has 0 radical (unpaired) electrons. The minimum absolute atomic E-state index is 0.0922. The predicted molar refractivity (Wildman–Crippen MR) is 106 cm³/mol. The molecule has 0 amide bonds. The van der Waals surface area contributed by atoms with E-state index in [1.165, 1.54) is 0 Å². The maximum atomic E-state index is 12.5. The molecule has 2 aromatic carbocycles. The van der Waals surface area contributed by atoms with Crippen molar-refractivity contribution in [3.63, 3.8) is 0 Å². The summed E-state index contributed by atoms with van der Waals surface area (Å²) in [5.74, 6) is -0.695. The molecule has 1 N–H and O–H groups in total. The number of hydrogen-bond donors (Lipinski definition) is 1. The van der Waals surface area contributed by atoms with Gasteiger partial charge in [0.2, 0.25) is 0 Å². The molecule has 2 unspecified atom stereocenters. The van der Waals surface area contributed by atoms with Gasteiger partial charge in [-0.3, -0.25) is 4.79 Å². The molecule has 6 heteroatoms. The normalized spacial score (nSPS) is 13.7. The highest BCUT2D eigenvalue weighted by atomic mass is 32.2. The van der Waals surface area contributed by atoms with Crippen molar-refractivity contribution in [2.24, 2.45) is 0 Å². The van der Waals surface area contributed by atoms with Gasteiger partial charge in [0.1, 0.15) is 5.75 Å². The van der Waals surface area contributed by atoms with Crippen molar-refractivity contribution < 1.29 is 23.1 Å². The van der Waals surface area contributed by atoms with Crippen LogP contribution in [-0.4, -0.2) is 36.6 Å². The van der Waals surface area contributed by atoms with Gasteiger partial charge in [0.05, 0.1) is 11.9 Å². The van der Waals surface area contributed by atoms with Crippen molar-refractivity contribution in [3.05, 3.63) is 66.2 Å². The molecule has 27 heavy (non-hydrogen) atoms. The molecule has 2 rings (SSSR count). The van der Waals surface area contributed by atoms with Crippen molar-refractivity contribution in [2.75, 3.05) is 5.75 Å². The Balaban J connectivity index is 1.85. The first-order valence-electron chi connectivity index (χ1n) is 9.08. The summed E-state index contributed by atoms with van der Waals surface area (Å²) in [5, 5.41) is 8.03. The number of para-hydroxylation sites is 1. The number of carboxylic acid groups (broad SMARTS) is 1. The molecule has 0 aromatic heterocycles. The Kier molecular flexibility index (Phi) is 7.85. The van der Waals surface area contributed by atoms with Crippen LogP contribution in [0, 0.1) is 0 Å². The van der Waals surface area contributed by atoms with Crippen molar-refractivity contribution in [1.82, 2.24) is 0 Å². The van der Waals surface area contributed by atoms with E-state index in [0.717, 1.165) is 11.3 Å². The summed E-state index contributed by atoms with van der Waals surface area (Å²) in [7, 11) is -3.72. The quantitative estimate of drug-likeness (QED) is 0.632. The number of benzene rings is 2. The van der Waals surface area contributed by atoms with E-state index >= 15 is 0 Å². The van der Waals surface area contributed by atoms with Gasteiger partial charge >= 0.3 is 5.97 Å². The van der Waals surface area contributed by atoms with E-state index in [4.69, 9.17) is 4.74 Å². The first-order chi connectivity index (χ1) is 12.9. The number of carbonyl (C=O) groups is 1. The predicted octanol–water partition coefficient (Wildman–Crippen LogP) is 3.73. The van der Waals surface area contributed by atoms with Gasteiger partial charge in [-0.15, -0.1) is 0 Å². The van der Waals surface area contributed by atoms with Gasteiger partial charge in [-0.25, -0.2) is 8.42 Å². The van der Waals surface area contributed by atoms with Crippen LogP contribution >= 0.6 is 0 Å². The molecule has 2 aromatic rings. The van der Waals surface area contributed by atoms with Gasteiger partial charge < -0.3 is 9.84 Å². The first-order valence-corrected chi connectivity index (χ1v) is 10.8. The molecular weight excluding hydrogens is 364 g/mol. The standard InChI is InChI=1S/C21H26O5S/c1-17(26-19-12-6-3-7-13-19)9-8-14-20(21(22)23)27(24,25)16-15-18-10-4-2-5-11-18/h2-7,10-13,17,20H,8-9,14-16H2,1H3,(H,22,23). The number of aryl methyl sites for hydroxylation is 1. The largest absolute Gasteiger partial charge is 0.491 e. The highest BCUT2D eigenvalue weighted by Gasteiger charge is 2.31. The van der Waals surface area contributed by atoms with Crippen molar-refractivity contribution >= 4 is 15.8 Å². The summed E-state index contributed by atoms with van der Waals surface area (Å²) >= 11 is 0. The molecule has 0 bridgehead atoms. The molecule has 0 heterocycles. The fraction of sp³-hybridized carbons (Fsp3) is 0.381. The van der Waals surface area contributed by atoms with Crippen LogP contribution in [0.2, 0.25) is 0 Å². The third kappa shape index (κ3) is 7.06. The highest BCUT2D eigenvalue weighted by molar-refractivity contribution is 7.92. The van der Waals surface area contributed by atoms with Gasteiger partial charge in [0.25, 0.3) is 0 Å². The molecular formula is C21H26O5S. The first kappa shape index (κ1) is 21.0. The molecule has 146 valence electrons. The van der Waals surface area contributed by atoms with Crippen LogP contribution in [0.1, 0.15) is 31.7 Å². The Morgan fingerprint density at radius 1 is 1.00 bits per heavy atom. The van der Waals surface area contributed by atoms with Crippen molar-refractivity contribution in [3.8, 4) is 5.75 Å². The molecule has 2 atom stereocenters. The summed E-state index contributed by atoms with van der Waals surface area (Å²) in [6.07, 6.45) is 1.35. The molecule has 0 aliphatic carbocycles. The van der Waals surface area contributed by atoms with Gasteiger partial charge in [-0.05, 0) is 50.3 Å². The van der Waals surface area contributed by atoms with Gasteiger partial charge in [0, 0.05) is 0 Å². The second-order valence-electron chi connectivity index (χ2n) is 6.60. The van der Waals surface area contributed by atoms with Gasteiger partial charge in [-0.1, -0.05) is 48.5 Å². The Labute approximate surface area is 160 Å². The van der Waals surface area contributed by atoms with Crippen LogP contribution in [-0.2, 0) is 21.1 Å². The van der Waals surface area contributed by atoms with Crippen molar-refractivity contribution in [2.45, 2.75) is 44.0 Å². The van der Waals surface area contributed by atoms with E-state index in [0.29, 0.717) is 19.3 Å². The van der Waals surface area contributed by atoms with E-state index in [1.807, 2.05) is 67.6 Å². The number of carboxylic acids is 1. The lowest BCUT2D eigenvalue weighted by Crippen LogP contribution is -2.33. The molecule has 0 saturated heterocycles. The minimum Gasteiger partial charge on any atom is -0.491 e. The Hall–Kier alpha value is -2.34. The van der Waals surface area contributed by atoms with Crippen LogP contribution in [0.15, 0.2) is 60.7 Å². The smallest absolute Gasteiger partial charge is 0.321 e. The Morgan fingerprint density at radius 3 is 2.19 bits per heavy atom. The average Bonchev–Trinajstić information content (AvgIpc) is 2.65. The van der Waals surface area contributed by atoms with Crippen LogP contribution in [0.3, 0.4) is 0 Å². The number of ether oxygens (including phenoxy) is 1. The van der Waals surface area contributed by atoms with E-state index in [-0.39, 0.29) is 18.3 Å². The van der Waals surface area contributed by atoms with Crippen LogP contribution < -0.4 is 4.74 Å². The van der Waals surface area contributed by atoms with Crippen LogP contribution in [0.4, 0.5) is 0 Å². The molecule has 5 nitrogen and oxygen atoms in total. The summed E-state index contributed by atoms with van der Waals surface area (Å²) in [4.78, 5) is 11.5. The van der Waals surface area contributed by atoms with E-state index in [2.05, 4.69) is 0 Å². The topological polar surface area (TPSA) is 80.7 Å². The second kappa shape index (κ2) is 10.1. The zero-order valence-electron chi connectivity index (χ0n) is 15.5. The van der Waals surface area contributed by atoms with E-state index in [1.54, 1.807) is 0 Å². The SMILES string of the molecule is CC(CCCC(C(=O)O)S(=O)(=O)CCc1ccccc1)Oc1ccccc1. The lowest BCUT2D eigenvalue weighted by molar-refractivity contribution is -0.136. The minimum atomic E-state index is -3.72. The number of aliphatic carboxylic acids is 1. The van der Waals surface area contributed by atoms with E-state index in [9.17, 15) is 18.3 Å². The third-order valence-corrected chi connectivity index (χ3v) is 6.46. The molecule has 0 spiro atoms. The maximum absolute atomic E-state index is 12.5. The molecule has 0 aliphatic rings. The Bertz CT molecular complexity index is 803. The monoisotopic (exact) mass is 390 g/mol. The molecule has 0 fully saturated rings. The summed E-state index contributed by atoms with van der Waals surface area (Å²) in [5.41, 5.74) is 0.884. The summed E-state index contributed by atoms with van der Waals surface area (Å²) in [6, 6.07) is 18.6. The maximum Gasteiger partial charge on any atom is 0.321 e. The zero-order valence-corrected chi connectivity index (χ0v) is 16.3. The second-order valence-corrected chi connectivity index (χ2v) is 8.90. The van der Waals surface area contributed by atoms with Crippen LogP contribution in [0.25, 0.3) is 0 Å². The fourth-order valence-electron chi connectivity index (χ4n) is 2.88. The Morgan fingerprint density at radius 2 is 1.59 bits per heavy atom. The van der Waals surface area contributed by atoms with Crippen LogP contribution in [0.5, 0.6) is 5.75 Å². The van der Waals surface area contributed by atoms with Gasteiger partial charge in [0.15, 0.2) is 15.1 Å². The van der Waals surface area contributed by atoms with E-state index < -0.39 is 21.1 Å². The number of hydrogen-bond acceptors (Lipinski definition) is 4.